The van der Waals surface area contributed by atoms with Crippen LogP contribution in [0.15, 0.2) is 42.6 Å². The van der Waals surface area contributed by atoms with Gasteiger partial charge in [-0.3, -0.25) is 0 Å². The quantitative estimate of drug-likeness (QED) is 0.684. The zero-order valence-corrected chi connectivity index (χ0v) is 14.2. The summed E-state index contributed by atoms with van der Waals surface area (Å²) >= 11 is 7.63. The average Bonchev–Trinajstić information content (AvgIpc) is 2.90. The molecule has 2 heterocycles. The van der Waals surface area contributed by atoms with Crippen LogP contribution in [0.25, 0.3) is 21.8 Å². The van der Waals surface area contributed by atoms with Crippen LogP contribution in [-0.4, -0.2) is 24.1 Å². The minimum atomic E-state index is 0.736. The van der Waals surface area contributed by atoms with Gasteiger partial charge < -0.3 is 4.90 Å². The van der Waals surface area contributed by atoms with Crippen LogP contribution in [0, 0.1) is 6.92 Å². The van der Waals surface area contributed by atoms with E-state index in [1.807, 2.05) is 55.5 Å². The van der Waals surface area contributed by atoms with E-state index in [1.165, 1.54) is 4.88 Å². The number of benzene rings is 1. The predicted octanol–water partition coefficient (Wildman–Crippen LogP) is 4.90. The number of thiazole rings is 1. The summed E-state index contributed by atoms with van der Waals surface area (Å²) in [7, 11) is 3.96. The van der Waals surface area contributed by atoms with Crippen molar-refractivity contribution in [1.29, 1.82) is 0 Å². The number of pyridine rings is 1. The second-order valence-corrected chi connectivity index (χ2v) is 6.87. The molecule has 22 heavy (non-hydrogen) atoms. The molecule has 0 atom stereocenters. The van der Waals surface area contributed by atoms with Gasteiger partial charge in [-0.1, -0.05) is 23.7 Å². The Balaban J connectivity index is 1.96. The molecule has 0 aliphatic carbocycles. The van der Waals surface area contributed by atoms with Gasteiger partial charge in [-0.25, -0.2) is 9.97 Å². The Morgan fingerprint density at radius 3 is 2.27 bits per heavy atom. The molecule has 0 aliphatic rings. The van der Waals surface area contributed by atoms with Gasteiger partial charge >= 0.3 is 0 Å². The molecule has 3 rings (SSSR count). The third-order valence-corrected chi connectivity index (χ3v) is 4.64. The van der Waals surface area contributed by atoms with E-state index in [2.05, 4.69) is 18.0 Å². The maximum Gasteiger partial charge on any atom is 0.127 e. The fourth-order valence-electron chi connectivity index (χ4n) is 2.17. The molecule has 0 unspecified atom stereocenters. The van der Waals surface area contributed by atoms with Gasteiger partial charge in [-0.15, -0.1) is 11.3 Å². The van der Waals surface area contributed by atoms with Gasteiger partial charge in [0.2, 0.25) is 0 Å². The van der Waals surface area contributed by atoms with Crippen molar-refractivity contribution in [2.75, 3.05) is 19.0 Å². The van der Waals surface area contributed by atoms with Crippen molar-refractivity contribution in [3.8, 4) is 21.8 Å². The Bertz CT molecular complexity index is 777. The lowest BCUT2D eigenvalue weighted by atomic mass is 10.1. The Morgan fingerprint density at radius 1 is 1.00 bits per heavy atom. The van der Waals surface area contributed by atoms with Crippen LogP contribution >= 0.6 is 22.9 Å². The van der Waals surface area contributed by atoms with Crippen LogP contribution in [0.3, 0.4) is 0 Å². The first-order valence-corrected chi connectivity index (χ1v) is 8.11. The number of aryl methyl sites for hydroxylation is 1. The second-order valence-electron chi connectivity index (χ2n) is 5.23. The van der Waals surface area contributed by atoms with E-state index in [1.54, 1.807) is 11.3 Å². The van der Waals surface area contributed by atoms with Gasteiger partial charge in [0.15, 0.2) is 0 Å². The SMILES string of the molecule is Cc1sc(-c2ccc(N(C)C)nc2)nc1-c1ccc(Cl)cc1. The maximum absolute atomic E-state index is 5.95. The van der Waals surface area contributed by atoms with E-state index in [0.717, 1.165) is 32.7 Å². The van der Waals surface area contributed by atoms with Crippen molar-refractivity contribution in [3.05, 3.63) is 52.5 Å². The number of anilines is 1. The Kier molecular flexibility index (Phi) is 4.14. The maximum atomic E-state index is 5.95. The number of hydrogen-bond donors (Lipinski definition) is 0. The summed E-state index contributed by atoms with van der Waals surface area (Å²) in [5, 5.41) is 1.72. The Hall–Kier alpha value is -1.91. The highest BCUT2D eigenvalue weighted by molar-refractivity contribution is 7.15. The zero-order valence-electron chi connectivity index (χ0n) is 12.7. The highest BCUT2D eigenvalue weighted by Crippen LogP contribution is 2.33. The molecule has 112 valence electrons. The average molecular weight is 330 g/mol. The molecule has 0 radical (unpaired) electrons. The zero-order chi connectivity index (χ0) is 15.7. The molecule has 3 aromatic rings. The highest BCUT2D eigenvalue weighted by atomic mass is 35.5. The minimum absolute atomic E-state index is 0.736. The predicted molar refractivity (Wildman–Crippen MR) is 94.9 cm³/mol. The number of nitrogens with zero attached hydrogens (tertiary/aromatic N) is 3. The fraction of sp³-hybridized carbons (Fsp3) is 0.176. The molecule has 0 saturated heterocycles. The molecule has 3 nitrogen and oxygen atoms in total. The standard InChI is InChI=1S/C17H16ClN3S/c1-11-16(12-4-7-14(18)8-5-12)20-17(22-11)13-6-9-15(19-10-13)21(2)3/h4-10H,1-3H3. The van der Waals surface area contributed by atoms with Crippen molar-refractivity contribution < 1.29 is 0 Å². The number of hydrogen-bond acceptors (Lipinski definition) is 4. The van der Waals surface area contributed by atoms with E-state index >= 15 is 0 Å². The van der Waals surface area contributed by atoms with Gasteiger partial charge in [0.1, 0.15) is 10.8 Å². The summed E-state index contributed by atoms with van der Waals surface area (Å²) < 4.78 is 0. The molecule has 5 heteroatoms. The number of aromatic nitrogens is 2. The Labute approximate surface area is 139 Å². The second kappa shape index (κ2) is 6.07. The molecule has 0 spiro atoms. The van der Waals surface area contributed by atoms with Gasteiger partial charge in [0.25, 0.3) is 0 Å². The lowest BCUT2D eigenvalue weighted by Gasteiger charge is -2.10. The van der Waals surface area contributed by atoms with Crippen molar-refractivity contribution in [1.82, 2.24) is 9.97 Å². The topological polar surface area (TPSA) is 29.0 Å². The summed E-state index contributed by atoms with van der Waals surface area (Å²) in [6.45, 7) is 2.09. The third-order valence-electron chi connectivity index (χ3n) is 3.37. The van der Waals surface area contributed by atoms with E-state index < -0.39 is 0 Å². The first-order valence-electron chi connectivity index (χ1n) is 6.92. The Morgan fingerprint density at radius 2 is 1.68 bits per heavy atom. The lowest BCUT2D eigenvalue weighted by Crippen LogP contribution is -2.09. The van der Waals surface area contributed by atoms with Gasteiger partial charge in [-0.05, 0) is 31.2 Å². The fourth-order valence-corrected chi connectivity index (χ4v) is 3.22. The highest BCUT2D eigenvalue weighted by Gasteiger charge is 2.12. The summed E-state index contributed by atoms with van der Waals surface area (Å²) in [6.07, 6.45) is 1.87. The molecule has 0 bridgehead atoms. The largest absolute Gasteiger partial charge is 0.363 e. The molecule has 0 amide bonds. The summed E-state index contributed by atoms with van der Waals surface area (Å²) in [4.78, 5) is 12.4. The molecular weight excluding hydrogens is 314 g/mol. The van der Waals surface area contributed by atoms with E-state index in [9.17, 15) is 0 Å². The van der Waals surface area contributed by atoms with Crippen LogP contribution in [0.2, 0.25) is 5.02 Å². The van der Waals surface area contributed by atoms with E-state index in [-0.39, 0.29) is 0 Å². The smallest absolute Gasteiger partial charge is 0.127 e. The summed E-state index contributed by atoms with van der Waals surface area (Å²) in [5.74, 6) is 0.940. The van der Waals surface area contributed by atoms with Crippen LogP contribution in [-0.2, 0) is 0 Å². The molecule has 0 N–H and O–H groups in total. The molecule has 0 saturated carbocycles. The van der Waals surface area contributed by atoms with Crippen LogP contribution < -0.4 is 4.90 Å². The summed E-state index contributed by atoms with van der Waals surface area (Å²) in [6, 6.07) is 11.9. The third kappa shape index (κ3) is 2.98. The summed E-state index contributed by atoms with van der Waals surface area (Å²) in [5.41, 5.74) is 3.13. The normalized spacial score (nSPS) is 10.7. The molecule has 0 fully saturated rings. The molecule has 0 aliphatic heterocycles. The van der Waals surface area contributed by atoms with Crippen LogP contribution in [0.1, 0.15) is 4.88 Å². The van der Waals surface area contributed by atoms with Crippen molar-refractivity contribution in [2.45, 2.75) is 6.92 Å². The van der Waals surface area contributed by atoms with Crippen molar-refractivity contribution in [3.63, 3.8) is 0 Å². The minimum Gasteiger partial charge on any atom is -0.363 e. The molecule has 2 aromatic heterocycles. The van der Waals surface area contributed by atoms with Gasteiger partial charge in [0.05, 0.1) is 5.69 Å². The van der Waals surface area contributed by atoms with Crippen LogP contribution in [0.5, 0.6) is 0 Å². The number of halogens is 1. The molecular formula is C17H16ClN3S. The van der Waals surface area contributed by atoms with Crippen LogP contribution in [0.4, 0.5) is 5.82 Å². The number of rotatable bonds is 3. The van der Waals surface area contributed by atoms with E-state index in [0.29, 0.717) is 0 Å². The van der Waals surface area contributed by atoms with Gasteiger partial charge in [-0.2, -0.15) is 0 Å². The molecule has 1 aromatic carbocycles. The van der Waals surface area contributed by atoms with Gasteiger partial charge in [0, 0.05) is 41.3 Å². The van der Waals surface area contributed by atoms with E-state index in [4.69, 9.17) is 16.6 Å². The lowest BCUT2D eigenvalue weighted by molar-refractivity contribution is 1.07. The van der Waals surface area contributed by atoms with Crippen molar-refractivity contribution >= 4 is 28.8 Å². The first kappa shape index (κ1) is 15.0. The first-order chi connectivity index (χ1) is 10.5. The monoisotopic (exact) mass is 329 g/mol. The van der Waals surface area contributed by atoms with Crippen molar-refractivity contribution in [2.24, 2.45) is 0 Å².